The van der Waals surface area contributed by atoms with Crippen LogP contribution in [0.4, 0.5) is 11.4 Å². The molecular weight excluding hydrogens is 420 g/mol. The zero-order chi connectivity index (χ0) is 23.5. The van der Waals surface area contributed by atoms with Crippen LogP contribution in [0, 0.1) is 20.8 Å². The first-order valence-electron chi connectivity index (χ1n) is 10.6. The van der Waals surface area contributed by atoms with Gasteiger partial charge in [-0.25, -0.2) is 8.42 Å². The van der Waals surface area contributed by atoms with Crippen molar-refractivity contribution in [3.05, 3.63) is 89.0 Å². The predicted octanol–water partition coefficient (Wildman–Crippen LogP) is 5.57. The molecule has 0 atom stereocenters. The van der Waals surface area contributed by atoms with Crippen LogP contribution in [0.25, 0.3) is 0 Å². The predicted molar refractivity (Wildman–Crippen MR) is 131 cm³/mol. The van der Waals surface area contributed by atoms with Crippen LogP contribution in [-0.2, 0) is 14.8 Å². The van der Waals surface area contributed by atoms with E-state index in [1.165, 1.54) is 4.31 Å². The molecule has 0 spiro atoms. The summed E-state index contributed by atoms with van der Waals surface area (Å²) in [5.74, 6) is -0.0837. The van der Waals surface area contributed by atoms with Gasteiger partial charge in [0.05, 0.1) is 10.6 Å². The van der Waals surface area contributed by atoms with Gasteiger partial charge in [-0.15, -0.1) is 0 Å². The Bertz CT molecular complexity index is 1200. The molecule has 0 aliphatic heterocycles. The number of hydrogen-bond acceptors (Lipinski definition) is 3. The number of hydrogen-bond donors (Lipinski definition) is 1. The summed E-state index contributed by atoms with van der Waals surface area (Å²) in [6, 6.07) is 19.7. The summed E-state index contributed by atoms with van der Waals surface area (Å²) in [7, 11) is -3.94. The molecule has 168 valence electrons. The molecule has 0 aliphatic carbocycles. The lowest BCUT2D eigenvalue weighted by Gasteiger charge is -2.25. The molecule has 3 aromatic carbocycles. The van der Waals surface area contributed by atoms with Crippen LogP contribution >= 0.6 is 0 Å². The lowest BCUT2D eigenvalue weighted by Crippen LogP contribution is -2.38. The van der Waals surface area contributed by atoms with E-state index in [0.29, 0.717) is 17.3 Å². The van der Waals surface area contributed by atoms with Crippen LogP contribution in [-0.4, -0.2) is 20.9 Å². The summed E-state index contributed by atoms with van der Waals surface area (Å²) in [5, 5.41) is 2.85. The summed E-state index contributed by atoms with van der Waals surface area (Å²) in [6.45, 7) is 9.62. The molecule has 3 aromatic rings. The highest BCUT2D eigenvalue weighted by Crippen LogP contribution is 2.26. The lowest BCUT2D eigenvalue weighted by atomic mass is 10.0. The van der Waals surface area contributed by atoms with E-state index in [1.807, 2.05) is 51.1 Å². The number of carbonyl (C=O) groups is 1. The van der Waals surface area contributed by atoms with E-state index in [9.17, 15) is 13.2 Å². The van der Waals surface area contributed by atoms with Gasteiger partial charge in [0.2, 0.25) is 5.91 Å². The van der Waals surface area contributed by atoms with E-state index >= 15 is 0 Å². The van der Waals surface area contributed by atoms with Crippen LogP contribution in [0.1, 0.15) is 42.0 Å². The monoisotopic (exact) mass is 450 g/mol. The second-order valence-corrected chi connectivity index (χ2v) is 10.3. The van der Waals surface area contributed by atoms with Gasteiger partial charge in [0, 0.05) is 5.69 Å². The Balaban J connectivity index is 1.96. The summed E-state index contributed by atoms with van der Waals surface area (Å²) < 4.78 is 28.2. The van der Waals surface area contributed by atoms with Gasteiger partial charge in [-0.05, 0) is 68.1 Å². The van der Waals surface area contributed by atoms with E-state index in [1.54, 1.807) is 36.4 Å². The average Bonchev–Trinajstić information content (AvgIpc) is 2.74. The molecule has 0 radical (unpaired) electrons. The molecule has 0 saturated heterocycles. The fraction of sp³-hybridized carbons (Fsp3) is 0.269. The maximum absolute atomic E-state index is 13.5. The van der Waals surface area contributed by atoms with E-state index in [2.05, 4.69) is 19.2 Å². The number of aryl methyl sites for hydroxylation is 3. The Morgan fingerprint density at radius 2 is 1.47 bits per heavy atom. The number of carbonyl (C=O) groups excluding carboxylic acids is 1. The van der Waals surface area contributed by atoms with Crippen molar-refractivity contribution >= 4 is 27.3 Å². The molecule has 32 heavy (non-hydrogen) atoms. The molecule has 1 amide bonds. The zero-order valence-electron chi connectivity index (χ0n) is 19.2. The number of nitrogens with zero attached hydrogens (tertiary/aromatic N) is 1. The third kappa shape index (κ3) is 5.37. The molecule has 0 unspecified atom stereocenters. The van der Waals surface area contributed by atoms with Crippen molar-refractivity contribution in [2.24, 2.45) is 0 Å². The molecule has 0 saturated carbocycles. The van der Waals surface area contributed by atoms with Crippen molar-refractivity contribution in [1.29, 1.82) is 0 Å². The standard InChI is InChI=1S/C26H30N2O3S/c1-18(2)22-9-11-23(12-10-22)28(32(30,31)24-13-6-19(3)7-14-24)17-26(29)27-25-15-8-20(4)16-21(25)5/h6-16,18H,17H2,1-5H3,(H,27,29). The van der Waals surface area contributed by atoms with Crippen molar-refractivity contribution in [2.45, 2.75) is 45.4 Å². The van der Waals surface area contributed by atoms with Gasteiger partial charge in [-0.3, -0.25) is 9.10 Å². The first kappa shape index (κ1) is 23.5. The highest BCUT2D eigenvalue weighted by atomic mass is 32.2. The number of sulfonamides is 1. The SMILES string of the molecule is Cc1ccc(S(=O)(=O)N(CC(=O)Nc2ccc(C)cc2C)c2ccc(C(C)C)cc2)cc1. The van der Waals surface area contributed by atoms with Crippen LogP contribution in [0.2, 0.25) is 0 Å². The van der Waals surface area contributed by atoms with Crippen LogP contribution < -0.4 is 9.62 Å². The molecule has 5 nitrogen and oxygen atoms in total. The highest BCUT2D eigenvalue weighted by molar-refractivity contribution is 7.92. The topological polar surface area (TPSA) is 66.5 Å². The largest absolute Gasteiger partial charge is 0.324 e. The number of nitrogens with one attached hydrogen (secondary N) is 1. The zero-order valence-corrected chi connectivity index (χ0v) is 20.0. The fourth-order valence-electron chi connectivity index (χ4n) is 3.45. The minimum Gasteiger partial charge on any atom is -0.324 e. The smallest absolute Gasteiger partial charge is 0.264 e. The van der Waals surface area contributed by atoms with Crippen LogP contribution in [0.15, 0.2) is 71.6 Å². The first-order valence-corrected chi connectivity index (χ1v) is 12.1. The number of rotatable bonds is 7. The first-order chi connectivity index (χ1) is 15.1. The van der Waals surface area contributed by atoms with Gasteiger partial charge >= 0.3 is 0 Å². The molecule has 0 aliphatic rings. The molecule has 6 heteroatoms. The Hall–Kier alpha value is -3.12. The maximum Gasteiger partial charge on any atom is 0.264 e. The minimum atomic E-state index is -3.94. The Morgan fingerprint density at radius 1 is 0.875 bits per heavy atom. The van der Waals surface area contributed by atoms with Gasteiger partial charge in [0.25, 0.3) is 10.0 Å². The molecule has 3 rings (SSSR count). The van der Waals surface area contributed by atoms with Crippen molar-refractivity contribution in [1.82, 2.24) is 0 Å². The minimum absolute atomic E-state index is 0.148. The molecule has 0 fully saturated rings. The lowest BCUT2D eigenvalue weighted by molar-refractivity contribution is -0.114. The third-order valence-electron chi connectivity index (χ3n) is 5.40. The third-order valence-corrected chi connectivity index (χ3v) is 7.19. The summed E-state index contributed by atoms with van der Waals surface area (Å²) >= 11 is 0. The van der Waals surface area contributed by atoms with Gasteiger partial charge < -0.3 is 5.32 Å². The van der Waals surface area contributed by atoms with E-state index < -0.39 is 15.9 Å². The van der Waals surface area contributed by atoms with Crippen molar-refractivity contribution in [3.8, 4) is 0 Å². The van der Waals surface area contributed by atoms with Crippen molar-refractivity contribution in [3.63, 3.8) is 0 Å². The van der Waals surface area contributed by atoms with Crippen molar-refractivity contribution in [2.75, 3.05) is 16.2 Å². The molecule has 1 N–H and O–H groups in total. The van der Waals surface area contributed by atoms with E-state index in [0.717, 1.165) is 22.3 Å². The normalized spacial score (nSPS) is 11.4. The number of benzene rings is 3. The maximum atomic E-state index is 13.5. The second-order valence-electron chi connectivity index (χ2n) is 8.44. The second kappa shape index (κ2) is 9.57. The van der Waals surface area contributed by atoms with Gasteiger partial charge in [-0.1, -0.05) is 61.4 Å². The van der Waals surface area contributed by atoms with Crippen LogP contribution in [0.3, 0.4) is 0 Å². The number of anilines is 2. The Labute approximate surface area is 191 Å². The van der Waals surface area contributed by atoms with Crippen molar-refractivity contribution < 1.29 is 13.2 Å². The average molecular weight is 451 g/mol. The molecule has 0 heterocycles. The van der Waals surface area contributed by atoms with Gasteiger partial charge in [0.15, 0.2) is 0 Å². The highest BCUT2D eigenvalue weighted by Gasteiger charge is 2.27. The summed E-state index contributed by atoms with van der Waals surface area (Å²) in [4.78, 5) is 13.1. The van der Waals surface area contributed by atoms with Gasteiger partial charge in [0.1, 0.15) is 6.54 Å². The van der Waals surface area contributed by atoms with E-state index in [4.69, 9.17) is 0 Å². The van der Waals surface area contributed by atoms with Crippen LogP contribution in [0.5, 0.6) is 0 Å². The Morgan fingerprint density at radius 3 is 2.03 bits per heavy atom. The van der Waals surface area contributed by atoms with E-state index in [-0.39, 0.29) is 11.4 Å². The molecule has 0 bridgehead atoms. The quantitative estimate of drug-likeness (QED) is 0.512. The fourth-order valence-corrected chi connectivity index (χ4v) is 4.87. The summed E-state index contributed by atoms with van der Waals surface area (Å²) in [5.41, 5.74) is 5.20. The molecular formula is C26H30N2O3S. The Kier molecular flexibility index (Phi) is 7.04. The summed E-state index contributed by atoms with van der Waals surface area (Å²) in [6.07, 6.45) is 0. The molecule has 0 aromatic heterocycles. The number of amides is 1. The van der Waals surface area contributed by atoms with Gasteiger partial charge in [-0.2, -0.15) is 0 Å².